The van der Waals surface area contributed by atoms with Crippen LogP contribution in [0.3, 0.4) is 0 Å². The molecule has 112 valence electrons. The molecule has 1 aromatic rings. The van der Waals surface area contributed by atoms with Gasteiger partial charge in [-0.25, -0.2) is 0 Å². The number of hydrogen-bond donors (Lipinski definition) is 1. The number of nitriles is 1. The van der Waals surface area contributed by atoms with Crippen molar-refractivity contribution in [3.05, 3.63) is 33.9 Å². The van der Waals surface area contributed by atoms with Crippen LogP contribution in [0.2, 0.25) is 0 Å². The minimum atomic E-state index is -0.611. The van der Waals surface area contributed by atoms with Gasteiger partial charge in [0.1, 0.15) is 6.61 Å². The van der Waals surface area contributed by atoms with Gasteiger partial charge in [0.2, 0.25) is 0 Å². The molecule has 1 N–H and O–H groups in total. The first-order valence-electron chi connectivity index (χ1n) is 7.11. The quantitative estimate of drug-likeness (QED) is 0.664. The van der Waals surface area contributed by atoms with Crippen molar-refractivity contribution in [1.29, 1.82) is 5.26 Å². The van der Waals surface area contributed by atoms with E-state index in [0.29, 0.717) is 0 Å². The van der Waals surface area contributed by atoms with Gasteiger partial charge in [0.15, 0.2) is 5.75 Å². The number of nitro groups is 1. The third-order valence-corrected chi connectivity index (χ3v) is 3.89. The molecule has 0 amide bonds. The Balaban J connectivity index is 2.02. The number of nitro benzene ring substituents is 1. The second-order valence-electron chi connectivity index (χ2n) is 5.33. The van der Waals surface area contributed by atoms with Crippen molar-refractivity contribution < 1.29 is 14.8 Å². The molecule has 0 spiro atoms. The normalized spacial score (nSPS) is 17.0. The van der Waals surface area contributed by atoms with Crippen molar-refractivity contribution in [2.45, 2.75) is 38.2 Å². The van der Waals surface area contributed by atoms with Crippen molar-refractivity contribution in [3.63, 3.8) is 0 Å². The minimum Gasteiger partial charge on any atom is -0.484 e. The highest BCUT2D eigenvalue weighted by atomic mass is 16.6. The largest absolute Gasteiger partial charge is 0.484 e. The van der Waals surface area contributed by atoms with E-state index in [1.807, 2.05) is 6.07 Å². The third kappa shape index (κ3) is 3.92. The minimum absolute atomic E-state index is 0.0391. The Labute approximate surface area is 123 Å². The zero-order valence-corrected chi connectivity index (χ0v) is 11.7. The third-order valence-electron chi connectivity index (χ3n) is 3.89. The molecule has 0 bridgehead atoms. The van der Waals surface area contributed by atoms with Crippen molar-refractivity contribution in [2.75, 3.05) is 6.61 Å². The summed E-state index contributed by atoms with van der Waals surface area (Å²) in [5.74, 6) is 0.296. The maximum absolute atomic E-state index is 11.0. The van der Waals surface area contributed by atoms with Gasteiger partial charge in [0.05, 0.1) is 22.7 Å². The Kier molecular flexibility index (Phi) is 5.12. The molecule has 0 aromatic heterocycles. The van der Waals surface area contributed by atoms with Crippen molar-refractivity contribution in [2.24, 2.45) is 5.92 Å². The molecule has 0 radical (unpaired) electrons. The first-order valence-corrected chi connectivity index (χ1v) is 7.11. The highest BCUT2D eigenvalue weighted by Crippen LogP contribution is 2.30. The monoisotopic (exact) mass is 290 g/mol. The summed E-state index contributed by atoms with van der Waals surface area (Å²) in [6.07, 6.45) is 4.75. The Bertz CT molecular complexity index is 547. The van der Waals surface area contributed by atoms with Gasteiger partial charge >= 0.3 is 5.69 Å². The van der Waals surface area contributed by atoms with Crippen LogP contribution in [0.4, 0.5) is 5.69 Å². The van der Waals surface area contributed by atoms with E-state index in [0.717, 1.165) is 25.7 Å². The summed E-state index contributed by atoms with van der Waals surface area (Å²) < 4.78 is 5.41. The number of hydrogen-bond acceptors (Lipinski definition) is 5. The summed E-state index contributed by atoms with van der Waals surface area (Å²) in [5.41, 5.74) is -0.0354. The predicted octanol–water partition coefficient (Wildman–Crippen LogP) is 2.79. The van der Waals surface area contributed by atoms with E-state index in [9.17, 15) is 15.2 Å². The van der Waals surface area contributed by atoms with E-state index >= 15 is 0 Å². The van der Waals surface area contributed by atoms with Crippen LogP contribution in [0.15, 0.2) is 18.2 Å². The molecule has 0 unspecified atom stereocenters. The second kappa shape index (κ2) is 7.04. The molecule has 1 atom stereocenters. The van der Waals surface area contributed by atoms with Crippen LogP contribution in [-0.2, 0) is 0 Å². The highest BCUT2D eigenvalue weighted by molar-refractivity contribution is 5.51. The first kappa shape index (κ1) is 15.3. The number of benzene rings is 1. The zero-order valence-electron chi connectivity index (χ0n) is 11.7. The predicted molar refractivity (Wildman–Crippen MR) is 75.9 cm³/mol. The second-order valence-corrected chi connectivity index (χ2v) is 5.33. The Hall–Kier alpha value is -2.13. The van der Waals surface area contributed by atoms with Gasteiger partial charge < -0.3 is 9.84 Å². The van der Waals surface area contributed by atoms with E-state index in [1.165, 1.54) is 24.6 Å². The Morgan fingerprint density at radius 1 is 1.43 bits per heavy atom. The zero-order chi connectivity index (χ0) is 15.2. The van der Waals surface area contributed by atoms with Crippen LogP contribution in [0.5, 0.6) is 5.75 Å². The van der Waals surface area contributed by atoms with Crippen LogP contribution in [0, 0.1) is 27.4 Å². The van der Waals surface area contributed by atoms with Crippen LogP contribution < -0.4 is 4.74 Å². The molecule has 1 fully saturated rings. The molecule has 1 saturated carbocycles. The van der Waals surface area contributed by atoms with Gasteiger partial charge in [-0.15, -0.1) is 0 Å². The van der Waals surface area contributed by atoms with Gasteiger partial charge in [-0.2, -0.15) is 5.26 Å². The van der Waals surface area contributed by atoms with E-state index in [1.54, 1.807) is 0 Å². The van der Waals surface area contributed by atoms with Crippen molar-refractivity contribution >= 4 is 5.69 Å². The molecule has 1 aliphatic carbocycles. The van der Waals surface area contributed by atoms with E-state index < -0.39 is 11.0 Å². The lowest BCUT2D eigenvalue weighted by Crippen LogP contribution is -2.29. The molecule has 6 heteroatoms. The number of nitrogens with zero attached hydrogens (tertiary/aromatic N) is 2. The van der Waals surface area contributed by atoms with E-state index in [4.69, 9.17) is 10.00 Å². The topological polar surface area (TPSA) is 96.4 Å². The molecule has 0 saturated heterocycles. The lowest BCUT2D eigenvalue weighted by atomic mass is 9.85. The fraction of sp³-hybridized carbons (Fsp3) is 0.533. The van der Waals surface area contributed by atoms with Crippen LogP contribution in [-0.4, -0.2) is 22.7 Å². The summed E-state index contributed by atoms with van der Waals surface area (Å²) in [6, 6.07) is 5.91. The summed E-state index contributed by atoms with van der Waals surface area (Å²) >= 11 is 0. The SMILES string of the molecule is N#Cc1ccc(OC[C@@H](O)C2CCCCC2)c([N+](=O)[O-])c1. The maximum atomic E-state index is 11.0. The number of ether oxygens (including phenoxy) is 1. The number of aliphatic hydroxyl groups excluding tert-OH is 1. The smallest absolute Gasteiger partial charge is 0.312 e. The van der Waals surface area contributed by atoms with Gasteiger partial charge in [-0.1, -0.05) is 19.3 Å². The van der Waals surface area contributed by atoms with Crippen LogP contribution in [0.25, 0.3) is 0 Å². The molecule has 21 heavy (non-hydrogen) atoms. The average Bonchev–Trinajstić information content (AvgIpc) is 2.53. The Morgan fingerprint density at radius 3 is 2.76 bits per heavy atom. The number of aliphatic hydroxyl groups is 1. The van der Waals surface area contributed by atoms with Crippen LogP contribution >= 0.6 is 0 Å². The average molecular weight is 290 g/mol. The molecule has 1 aromatic carbocycles. The van der Waals surface area contributed by atoms with Gasteiger partial charge in [0, 0.05) is 6.07 Å². The van der Waals surface area contributed by atoms with Gasteiger partial charge in [0.25, 0.3) is 0 Å². The van der Waals surface area contributed by atoms with Gasteiger partial charge in [-0.3, -0.25) is 10.1 Å². The lowest BCUT2D eigenvalue weighted by Gasteiger charge is -2.26. The molecule has 0 heterocycles. The van der Waals surface area contributed by atoms with Crippen molar-refractivity contribution in [3.8, 4) is 11.8 Å². The summed E-state index contributed by atoms with van der Waals surface area (Å²) in [5, 5.41) is 29.9. The molecule has 1 aliphatic rings. The number of rotatable bonds is 5. The molecule has 0 aliphatic heterocycles. The van der Waals surface area contributed by atoms with E-state index in [-0.39, 0.29) is 29.5 Å². The summed E-state index contributed by atoms with van der Waals surface area (Å²) in [7, 11) is 0. The van der Waals surface area contributed by atoms with Gasteiger partial charge in [-0.05, 0) is 30.9 Å². The van der Waals surface area contributed by atoms with Crippen LogP contribution in [0.1, 0.15) is 37.7 Å². The first-order chi connectivity index (χ1) is 10.1. The summed E-state index contributed by atoms with van der Waals surface area (Å²) in [4.78, 5) is 10.4. The molecular weight excluding hydrogens is 272 g/mol. The lowest BCUT2D eigenvalue weighted by molar-refractivity contribution is -0.386. The fourth-order valence-corrected chi connectivity index (χ4v) is 2.68. The maximum Gasteiger partial charge on any atom is 0.312 e. The molecule has 2 rings (SSSR count). The molecule has 6 nitrogen and oxygen atoms in total. The fourth-order valence-electron chi connectivity index (χ4n) is 2.68. The Morgan fingerprint density at radius 2 is 2.14 bits per heavy atom. The standard InChI is InChI=1S/C15H18N2O4/c16-9-11-6-7-15(13(8-11)17(19)20)21-10-14(18)12-4-2-1-3-5-12/h6-8,12,14,18H,1-5,10H2/t14-/m1/s1. The van der Waals surface area contributed by atoms with E-state index in [2.05, 4.69) is 0 Å². The van der Waals surface area contributed by atoms with Crippen molar-refractivity contribution in [1.82, 2.24) is 0 Å². The molecular formula is C15H18N2O4. The highest BCUT2D eigenvalue weighted by Gasteiger charge is 2.23. The summed E-state index contributed by atoms with van der Waals surface area (Å²) in [6.45, 7) is 0.0391.